The molecule has 5 nitrogen and oxygen atoms in total. The number of aliphatic hydroxyl groups is 1. The second kappa shape index (κ2) is 7.08. The lowest BCUT2D eigenvalue weighted by atomic mass is 9.95. The predicted octanol–water partition coefficient (Wildman–Crippen LogP) is 3.85. The molecule has 1 saturated heterocycles. The summed E-state index contributed by atoms with van der Waals surface area (Å²) in [5, 5.41) is 10.8. The number of hydrogen-bond donors (Lipinski definition) is 1. The minimum Gasteiger partial charge on any atom is -0.507 e. The van der Waals surface area contributed by atoms with E-state index in [0.717, 1.165) is 4.90 Å². The molecule has 6 heteroatoms. The van der Waals surface area contributed by atoms with Crippen molar-refractivity contribution in [3.63, 3.8) is 0 Å². The van der Waals surface area contributed by atoms with Crippen LogP contribution >= 0.6 is 0 Å². The molecule has 4 rings (SSSR count). The maximum absolute atomic E-state index is 14.7. The Labute approximate surface area is 160 Å². The summed E-state index contributed by atoms with van der Waals surface area (Å²) >= 11 is 0. The van der Waals surface area contributed by atoms with E-state index in [-0.39, 0.29) is 22.7 Å². The van der Waals surface area contributed by atoms with Crippen LogP contribution in [0.4, 0.5) is 10.2 Å². The predicted molar refractivity (Wildman–Crippen MR) is 102 cm³/mol. The van der Waals surface area contributed by atoms with Gasteiger partial charge in [-0.2, -0.15) is 0 Å². The Bertz CT molecular complexity index is 1080. The van der Waals surface area contributed by atoms with Crippen LogP contribution in [0.5, 0.6) is 0 Å². The fourth-order valence-corrected chi connectivity index (χ4v) is 3.31. The van der Waals surface area contributed by atoms with E-state index < -0.39 is 23.5 Å². The summed E-state index contributed by atoms with van der Waals surface area (Å²) in [6.45, 7) is 0. The van der Waals surface area contributed by atoms with Gasteiger partial charge in [-0.15, -0.1) is 0 Å². The Balaban J connectivity index is 1.98. The zero-order chi connectivity index (χ0) is 19.7. The zero-order valence-electron chi connectivity index (χ0n) is 14.6. The molecule has 2 heterocycles. The molecule has 1 fully saturated rings. The number of nitrogens with zero attached hydrogens (tertiary/aromatic N) is 2. The monoisotopic (exact) mass is 374 g/mol. The van der Waals surface area contributed by atoms with Gasteiger partial charge in [0, 0.05) is 17.3 Å². The number of Topliss-reactive ketones (excluding diaryl/α,β-unsaturated/α-hetero) is 1. The summed E-state index contributed by atoms with van der Waals surface area (Å²) in [6.07, 6.45) is 1.48. The molecule has 1 aliphatic heterocycles. The first kappa shape index (κ1) is 17.6. The minimum atomic E-state index is -1.13. The van der Waals surface area contributed by atoms with E-state index >= 15 is 0 Å². The molecule has 0 bridgehead atoms. The van der Waals surface area contributed by atoms with E-state index in [1.807, 2.05) is 0 Å². The van der Waals surface area contributed by atoms with Gasteiger partial charge in [0.05, 0.1) is 11.6 Å². The fraction of sp³-hybridized carbons (Fsp3) is 0.0455. The number of amides is 1. The van der Waals surface area contributed by atoms with Gasteiger partial charge in [-0.1, -0.05) is 54.6 Å². The minimum absolute atomic E-state index is 0.102. The van der Waals surface area contributed by atoms with Crippen molar-refractivity contribution in [1.82, 2.24) is 4.98 Å². The van der Waals surface area contributed by atoms with Crippen LogP contribution in [-0.4, -0.2) is 21.8 Å². The van der Waals surface area contributed by atoms with Crippen molar-refractivity contribution in [3.05, 3.63) is 102 Å². The zero-order valence-corrected chi connectivity index (χ0v) is 14.6. The van der Waals surface area contributed by atoms with Crippen LogP contribution in [0, 0.1) is 5.82 Å². The van der Waals surface area contributed by atoms with E-state index in [1.165, 1.54) is 24.4 Å². The van der Waals surface area contributed by atoms with E-state index in [0.29, 0.717) is 5.56 Å². The molecular formula is C22H15FN2O3. The third-order valence-electron chi connectivity index (χ3n) is 4.59. The van der Waals surface area contributed by atoms with Crippen molar-refractivity contribution < 1.29 is 19.1 Å². The van der Waals surface area contributed by atoms with Crippen LogP contribution < -0.4 is 4.90 Å². The molecule has 0 radical (unpaired) electrons. The highest BCUT2D eigenvalue weighted by Gasteiger charge is 2.48. The van der Waals surface area contributed by atoms with Crippen LogP contribution in [0.1, 0.15) is 17.2 Å². The van der Waals surface area contributed by atoms with Gasteiger partial charge in [-0.25, -0.2) is 9.37 Å². The van der Waals surface area contributed by atoms with E-state index in [1.54, 1.807) is 54.6 Å². The number of benzene rings is 2. The molecule has 0 aliphatic carbocycles. The second-order valence-electron chi connectivity index (χ2n) is 6.24. The lowest BCUT2D eigenvalue weighted by Crippen LogP contribution is -2.30. The number of pyridine rings is 1. The molecule has 1 atom stereocenters. The molecule has 138 valence electrons. The average molecular weight is 374 g/mol. The number of carbonyl (C=O) groups excluding carboxylic acids is 2. The molecular weight excluding hydrogens is 359 g/mol. The van der Waals surface area contributed by atoms with Crippen molar-refractivity contribution >= 4 is 23.3 Å². The van der Waals surface area contributed by atoms with Crippen LogP contribution in [-0.2, 0) is 9.59 Å². The first-order valence-electron chi connectivity index (χ1n) is 8.61. The standard InChI is InChI=1S/C22H15FN2O3/c23-16-11-5-4-10-15(16)19-18(20(26)14-8-2-1-3-9-14)21(27)22(28)25(19)17-12-6-7-13-24-17/h1-13,19,26H/t19-/m1/s1. The van der Waals surface area contributed by atoms with Gasteiger partial charge in [0.15, 0.2) is 0 Å². The van der Waals surface area contributed by atoms with E-state index in [2.05, 4.69) is 4.98 Å². The van der Waals surface area contributed by atoms with Crippen LogP contribution in [0.2, 0.25) is 0 Å². The van der Waals surface area contributed by atoms with E-state index in [4.69, 9.17) is 0 Å². The Hall–Kier alpha value is -3.80. The van der Waals surface area contributed by atoms with Crippen LogP contribution in [0.15, 0.2) is 84.6 Å². The molecule has 1 aromatic heterocycles. The molecule has 28 heavy (non-hydrogen) atoms. The quantitative estimate of drug-likeness (QED) is 0.430. The Morgan fingerprint density at radius 2 is 1.61 bits per heavy atom. The third kappa shape index (κ3) is 2.85. The Morgan fingerprint density at radius 1 is 0.929 bits per heavy atom. The van der Waals surface area contributed by atoms with E-state index in [9.17, 15) is 19.1 Å². The molecule has 1 N–H and O–H groups in total. The molecule has 2 aromatic carbocycles. The largest absolute Gasteiger partial charge is 0.507 e. The number of halogens is 1. The van der Waals surface area contributed by atoms with Gasteiger partial charge in [-0.3, -0.25) is 14.5 Å². The number of aliphatic hydroxyl groups excluding tert-OH is 1. The fourth-order valence-electron chi connectivity index (χ4n) is 3.31. The molecule has 1 amide bonds. The number of ketones is 1. The van der Waals surface area contributed by atoms with Gasteiger partial charge in [0.25, 0.3) is 5.78 Å². The molecule has 1 aliphatic rings. The number of carbonyl (C=O) groups is 2. The summed E-state index contributed by atoms with van der Waals surface area (Å²) < 4.78 is 14.7. The van der Waals surface area contributed by atoms with Gasteiger partial charge < -0.3 is 5.11 Å². The summed E-state index contributed by atoms with van der Waals surface area (Å²) in [4.78, 5) is 30.9. The van der Waals surface area contributed by atoms with Crippen molar-refractivity contribution in [2.75, 3.05) is 4.90 Å². The van der Waals surface area contributed by atoms with Gasteiger partial charge >= 0.3 is 5.91 Å². The maximum atomic E-state index is 14.7. The van der Waals surface area contributed by atoms with Crippen LogP contribution in [0.25, 0.3) is 5.76 Å². The van der Waals surface area contributed by atoms with Gasteiger partial charge in [-0.05, 0) is 18.2 Å². The number of hydrogen-bond acceptors (Lipinski definition) is 4. The molecule has 0 saturated carbocycles. The highest BCUT2D eigenvalue weighted by Crippen LogP contribution is 2.42. The highest BCUT2D eigenvalue weighted by molar-refractivity contribution is 6.51. The number of rotatable bonds is 3. The third-order valence-corrected chi connectivity index (χ3v) is 4.59. The first-order valence-corrected chi connectivity index (χ1v) is 8.61. The Kier molecular flexibility index (Phi) is 4.45. The number of anilines is 1. The molecule has 3 aromatic rings. The summed E-state index contributed by atoms with van der Waals surface area (Å²) in [6, 6.07) is 18.0. The topological polar surface area (TPSA) is 70.5 Å². The van der Waals surface area contributed by atoms with Crippen molar-refractivity contribution in [3.8, 4) is 0 Å². The normalized spacial score (nSPS) is 18.5. The second-order valence-corrected chi connectivity index (χ2v) is 6.24. The van der Waals surface area contributed by atoms with Gasteiger partial charge in [0.1, 0.15) is 17.4 Å². The van der Waals surface area contributed by atoms with Crippen molar-refractivity contribution in [2.45, 2.75) is 6.04 Å². The lowest BCUT2D eigenvalue weighted by Gasteiger charge is -2.24. The number of aromatic nitrogens is 1. The smallest absolute Gasteiger partial charge is 0.301 e. The molecule has 0 unspecified atom stereocenters. The summed E-state index contributed by atoms with van der Waals surface area (Å²) in [5.74, 6) is -2.51. The SMILES string of the molecule is O=C1C(=O)N(c2ccccn2)[C@H](c2ccccc2F)C1=C(O)c1ccccc1. The Morgan fingerprint density at radius 3 is 2.29 bits per heavy atom. The highest BCUT2D eigenvalue weighted by atomic mass is 19.1. The summed E-state index contributed by atoms with van der Waals surface area (Å²) in [5.41, 5.74) is 0.291. The first-order chi connectivity index (χ1) is 13.6. The van der Waals surface area contributed by atoms with Crippen molar-refractivity contribution in [2.24, 2.45) is 0 Å². The average Bonchev–Trinajstić information content (AvgIpc) is 3.00. The van der Waals surface area contributed by atoms with Crippen LogP contribution in [0.3, 0.4) is 0 Å². The summed E-state index contributed by atoms with van der Waals surface area (Å²) in [7, 11) is 0. The van der Waals surface area contributed by atoms with Crippen molar-refractivity contribution in [1.29, 1.82) is 0 Å². The lowest BCUT2D eigenvalue weighted by molar-refractivity contribution is -0.132. The maximum Gasteiger partial charge on any atom is 0.301 e. The molecule has 0 spiro atoms. The van der Waals surface area contributed by atoms with Gasteiger partial charge in [0.2, 0.25) is 0 Å².